The molecule has 0 unspecified atom stereocenters. The Hall–Kier alpha value is -3.61. The molecule has 0 saturated carbocycles. The molecular weight excluding hydrogens is 384 g/mol. The number of amides is 2. The highest BCUT2D eigenvalue weighted by molar-refractivity contribution is 6.07. The van der Waals surface area contributed by atoms with Crippen LogP contribution in [0.2, 0.25) is 0 Å². The lowest BCUT2D eigenvalue weighted by Gasteiger charge is -2.18. The fraction of sp³-hybridized carbons (Fsp3) is 0.261. The van der Waals surface area contributed by atoms with Crippen LogP contribution < -0.4 is 15.4 Å². The number of aliphatic carboxylic acids is 1. The fourth-order valence-electron chi connectivity index (χ4n) is 2.83. The van der Waals surface area contributed by atoms with Crippen molar-refractivity contribution in [3.05, 3.63) is 71.4 Å². The van der Waals surface area contributed by atoms with Gasteiger partial charge in [-0.15, -0.1) is 0 Å². The van der Waals surface area contributed by atoms with E-state index in [9.17, 15) is 19.5 Å². The highest BCUT2D eigenvalue weighted by atomic mass is 16.5. The Morgan fingerprint density at radius 2 is 1.67 bits per heavy atom. The van der Waals surface area contributed by atoms with Crippen LogP contribution in [0.3, 0.4) is 0 Å². The van der Waals surface area contributed by atoms with Gasteiger partial charge in [-0.05, 0) is 36.1 Å². The van der Waals surface area contributed by atoms with Crippen LogP contribution in [0.1, 0.15) is 36.2 Å². The Labute approximate surface area is 175 Å². The normalized spacial score (nSPS) is 12.2. The summed E-state index contributed by atoms with van der Waals surface area (Å²) >= 11 is 0. The van der Waals surface area contributed by atoms with Crippen LogP contribution >= 0.6 is 0 Å². The molecule has 0 radical (unpaired) electrons. The Morgan fingerprint density at radius 3 is 2.27 bits per heavy atom. The molecule has 7 nitrogen and oxygen atoms in total. The van der Waals surface area contributed by atoms with Crippen molar-refractivity contribution in [2.45, 2.75) is 26.3 Å². The van der Waals surface area contributed by atoms with E-state index in [-0.39, 0.29) is 23.6 Å². The standard InChI is InChI=1S/C23H26N2O5/c1-15(2)13-19(23(28)29)25-22(27)18(14-16-9-5-4-6-10-16)24-21(26)17-11-7-8-12-20(17)30-3/h4-12,14-15,19H,13H2,1-3H3,(H,24,26)(H,25,27)(H,28,29)/b18-14-/t19-/m1/s1. The summed E-state index contributed by atoms with van der Waals surface area (Å²) in [5, 5.41) is 14.5. The quantitative estimate of drug-likeness (QED) is 0.551. The van der Waals surface area contributed by atoms with E-state index < -0.39 is 23.8 Å². The van der Waals surface area contributed by atoms with Crippen LogP contribution in [0, 0.1) is 5.92 Å². The van der Waals surface area contributed by atoms with Crippen molar-refractivity contribution in [2.24, 2.45) is 5.92 Å². The minimum Gasteiger partial charge on any atom is -0.496 e. The third-order valence-electron chi connectivity index (χ3n) is 4.27. The van der Waals surface area contributed by atoms with Crippen molar-refractivity contribution < 1.29 is 24.2 Å². The van der Waals surface area contributed by atoms with Gasteiger partial charge in [-0.2, -0.15) is 0 Å². The molecule has 0 aliphatic carbocycles. The molecule has 0 heterocycles. The number of carboxylic acid groups (broad SMARTS) is 1. The van der Waals surface area contributed by atoms with Crippen molar-refractivity contribution >= 4 is 23.9 Å². The summed E-state index contributed by atoms with van der Waals surface area (Å²) in [6.07, 6.45) is 1.76. The van der Waals surface area contributed by atoms with Gasteiger partial charge in [0, 0.05) is 0 Å². The molecule has 158 valence electrons. The van der Waals surface area contributed by atoms with E-state index >= 15 is 0 Å². The average Bonchev–Trinajstić information content (AvgIpc) is 2.72. The number of carboxylic acids is 1. The largest absolute Gasteiger partial charge is 0.496 e. The molecule has 2 aromatic rings. The van der Waals surface area contributed by atoms with Crippen LogP contribution in [0.4, 0.5) is 0 Å². The lowest BCUT2D eigenvalue weighted by atomic mass is 10.0. The first-order chi connectivity index (χ1) is 14.3. The first kappa shape index (κ1) is 22.7. The maximum atomic E-state index is 12.9. The first-order valence-electron chi connectivity index (χ1n) is 9.56. The third kappa shape index (κ3) is 6.48. The van der Waals surface area contributed by atoms with Crippen LogP contribution in [0.15, 0.2) is 60.3 Å². The van der Waals surface area contributed by atoms with Crippen LogP contribution in [0.5, 0.6) is 5.75 Å². The molecule has 0 fully saturated rings. The number of carbonyl (C=O) groups excluding carboxylic acids is 2. The second-order valence-electron chi connectivity index (χ2n) is 7.12. The Kier molecular flexibility index (Phi) is 8.17. The number of benzene rings is 2. The van der Waals surface area contributed by atoms with E-state index in [1.54, 1.807) is 48.5 Å². The zero-order chi connectivity index (χ0) is 22.1. The van der Waals surface area contributed by atoms with Gasteiger partial charge in [-0.25, -0.2) is 4.79 Å². The lowest BCUT2D eigenvalue weighted by Crippen LogP contribution is -2.45. The van der Waals surface area contributed by atoms with E-state index in [4.69, 9.17) is 4.74 Å². The van der Waals surface area contributed by atoms with Gasteiger partial charge in [-0.3, -0.25) is 9.59 Å². The highest BCUT2D eigenvalue weighted by Crippen LogP contribution is 2.18. The number of ether oxygens (including phenoxy) is 1. The molecule has 0 saturated heterocycles. The van der Waals surface area contributed by atoms with Gasteiger partial charge < -0.3 is 20.5 Å². The number of nitrogens with one attached hydrogen (secondary N) is 2. The molecule has 2 aromatic carbocycles. The molecule has 30 heavy (non-hydrogen) atoms. The van der Waals surface area contributed by atoms with Crippen molar-refractivity contribution in [1.82, 2.24) is 10.6 Å². The van der Waals surface area contributed by atoms with E-state index in [2.05, 4.69) is 10.6 Å². The molecule has 3 N–H and O–H groups in total. The number of hydrogen-bond acceptors (Lipinski definition) is 4. The number of rotatable bonds is 9. The maximum absolute atomic E-state index is 12.9. The predicted octanol–water partition coefficient (Wildman–Crippen LogP) is 3.08. The Bertz CT molecular complexity index is 922. The van der Waals surface area contributed by atoms with E-state index in [1.165, 1.54) is 13.2 Å². The van der Waals surface area contributed by atoms with Crippen LogP contribution in [-0.4, -0.2) is 36.0 Å². The van der Waals surface area contributed by atoms with Gasteiger partial charge in [0.15, 0.2) is 0 Å². The average molecular weight is 410 g/mol. The molecule has 1 atom stereocenters. The topological polar surface area (TPSA) is 105 Å². The maximum Gasteiger partial charge on any atom is 0.326 e. The highest BCUT2D eigenvalue weighted by Gasteiger charge is 2.24. The van der Waals surface area contributed by atoms with Crippen molar-refractivity contribution in [3.8, 4) is 5.75 Å². The minimum absolute atomic E-state index is 0.0629. The molecule has 2 amide bonds. The molecule has 2 rings (SSSR count). The van der Waals surface area contributed by atoms with Gasteiger partial charge in [0.1, 0.15) is 17.5 Å². The lowest BCUT2D eigenvalue weighted by molar-refractivity contribution is -0.141. The molecule has 0 spiro atoms. The van der Waals surface area contributed by atoms with E-state index in [1.807, 2.05) is 19.9 Å². The molecule has 0 aliphatic heterocycles. The minimum atomic E-state index is -1.13. The van der Waals surface area contributed by atoms with Gasteiger partial charge in [0.2, 0.25) is 0 Å². The van der Waals surface area contributed by atoms with Crippen molar-refractivity contribution in [3.63, 3.8) is 0 Å². The summed E-state index contributed by atoms with van der Waals surface area (Å²) in [4.78, 5) is 37.2. The number of carbonyl (C=O) groups is 3. The van der Waals surface area contributed by atoms with Crippen molar-refractivity contribution in [2.75, 3.05) is 7.11 Å². The molecule has 0 aromatic heterocycles. The molecule has 0 aliphatic rings. The summed E-state index contributed by atoms with van der Waals surface area (Å²) in [5.74, 6) is -1.93. The summed E-state index contributed by atoms with van der Waals surface area (Å²) in [5.41, 5.74) is 0.870. The van der Waals surface area contributed by atoms with Gasteiger partial charge in [-0.1, -0.05) is 56.3 Å². The Morgan fingerprint density at radius 1 is 1.03 bits per heavy atom. The SMILES string of the molecule is COc1ccccc1C(=O)N/C(=C\c1ccccc1)C(=O)N[C@H](CC(C)C)C(=O)O. The second kappa shape index (κ2) is 10.8. The number of methoxy groups -OCH3 is 1. The molecule has 0 bridgehead atoms. The molecule has 7 heteroatoms. The number of hydrogen-bond donors (Lipinski definition) is 3. The van der Waals surface area contributed by atoms with Gasteiger partial charge in [0.25, 0.3) is 11.8 Å². The summed E-state index contributed by atoms with van der Waals surface area (Å²) < 4.78 is 5.21. The van der Waals surface area contributed by atoms with Gasteiger partial charge in [0.05, 0.1) is 12.7 Å². The smallest absolute Gasteiger partial charge is 0.326 e. The summed E-state index contributed by atoms with van der Waals surface area (Å²) in [7, 11) is 1.45. The predicted molar refractivity (Wildman–Crippen MR) is 114 cm³/mol. The summed E-state index contributed by atoms with van der Waals surface area (Å²) in [6, 6.07) is 14.5. The number of para-hydroxylation sites is 1. The zero-order valence-electron chi connectivity index (χ0n) is 17.2. The first-order valence-corrected chi connectivity index (χ1v) is 9.56. The van der Waals surface area contributed by atoms with E-state index in [0.29, 0.717) is 11.3 Å². The van der Waals surface area contributed by atoms with E-state index in [0.717, 1.165) is 0 Å². The monoisotopic (exact) mass is 410 g/mol. The third-order valence-corrected chi connectivity index (χ3v) is 4.27. The summed E-state index contributed by atoms with van der Waals surface area (Å²) in [6.45, 7) is 3.73. The second-order valence-corrected chi connectivity index (χ2v) is 7.12. The zero-order valence-corrected chi connectivity index (χ0v) is 17.2. The fourth-order valence-corrected chi connectivity index (χ4v) is 2.83. The Balaban J connectivity index is 2.33. The van der Waals surface area contributed by atoms with Crippen molar-refractivity contribution in [1.29, 1.82) is 0 Å². The van der Waals surface area contributed by atoms with Gasteiger partial charge >= 0.3 is 5.97 Å². The van der Waals surface area contributed by atoms with Crippen LogP contribution in [-0.2, 0) is 9.59 Å². The van der Waals surface area contributed by atoms with Crippen LogP contribution in [0.25, 0.3) is 6.08 Å². The molecular formula is C23H26N2O5.